The number of hydrogen-bond acceptors (Lipinski definition) is 9. The molecule has 0 saturated carbocycles. The van der Waals surface area contributed by atoms with E-state index in [0.717, 1.165) is 20.8 Å². The summed E-state index contributed by atoms with van der Waals surface area (Å²) in [6.45, 7) is 8.56. The van der Waals surface area contributed by atoms with Gasteiger partial charge < -0.3 is 14.7 Å². The van der Waals surface area contributed by atoms with Gasteiger partial charge in [0.25, 0.3) is 10.0 Å². The number of hydrogen-bond donors (Lipinski definition) is 1. The van der Waals surface area contributed by atoms with Gasteiger partial charge in [-0.3, -0.25) is 9.69 Å². The zero-order chi connectivity index (χ0) is 29.4. The van der Waals surface area contributed by atoms with Crippen molar-refractivity contribution in [2.45, 2.75) is 51.5 Å². The van der Waals surface area contributed by atoms with E-state index in [1.807, 2.05) is 13.8 Å². The van der Waals surface area contributed by atoms with E-state index >= 15 is 0 Å². The van der Waals surface area contributed by atoms with Crippen LogP contribution >= 0.6 is 0 Å². The SMILES string of the molecule is CC[C@@H]1CN(C(=O)O)C[C@H]1C(=O)CN(C(=O)OC(C)(C)C)c1cnc2c(ncn2S(=O)(=O)c2ccc(C)cc2)n1. The van der Waals surface area contributed by atoms with E-state index in [2.05, 4.69) is 15.0 Å². The van der Waals surface area contributed by atoms with E-state index in [1.54, 1.807) is 32.9 Å². The number of rotatable bonds is 7. The fourth-order valence-electron chi connectivity index (χ4n) is 4.53. The molecule has 1 aliphatic heterocycles. The number of Topliss-reactive ketones (excluding diaryl/α,β-unsaturated/α-hetero) is 1. The number of anilines is 1. The molecule has 1 saturated heterocycles. The number of ether oxygens (including phenoxy) is 1. The molecule has 1 N–H and O–H groups in total. The Morgan fingerprint density at radius 2 is 1.80 bits per heavy atom. The number of carboxylic acid groups (broad SMARTS) is 1. The van der Waals surface area contributed by atoms with E-state index in [1.165, 1.54) is 23.2 Å². The molecule has 13 nitrogen and oxygen atoms in total. The minimum absolute atomic E-state index is 0.0286. The third-order valence-corrected chi connectivity index (χ3v) is 8.30. The van der Waals surface area contributed by atoms with Crippen LogP contribution in [0.4, 0.5) is 15.4 Å². The number of fused-ring (bicyclic) bond motifs is 1. The number of amides is 2. The van der Waals surface area contributed by atoms with Crippen molar-refractivity contribution in [1.29, 1.82) is 0 Å². The van der Waals surface area contributed by atoms with Gasteiger partial charge in [-0.1, -0.05) is 31.0 Å². The Morgan fingerprint density at radius 1 is 1.12 bits per heavy atom. The lowest BCUT2D eigenvalue weighted by atomic mass is 9.90. The molecule has 0 spiro atoms. The smallest absolute Gasteiger partial charge is 0.416 e. The molecule has 2 atom stereocenters. The molecule has 0 bridgehead atoms. The average molecular weight is 573 g/mol. The van der Waals surface area contributed by atoms with Crippen LogP contribution in [0, 0.1) is 18.8 Å². The Hall–Kier alpha value is -4.07. The second-order valence-corrected chi connectivity index (χ2v) is 12.5. The zero-order valence-corrected chi connectivity index (χ0v) is 23.8. The second-order valence-electron chi connectivity index (χ2n) is 10.7. The Bertz CT molecular complexity index is 1550. The molecule has 0 aliphatic carbocycles. The Labute approximate surface area is 231 Å². The van der Waals surface area contributed by atoms with Crippen molar-refractivity contribution in [3.8, 4) is 0 Å². The summed E-state index contributed by atoms with van der Waals surface area (Å²) in [4.78, 5) is 53.0. The number of carbonyl (C=O) groups excluding carboxylic acids is 2. The van der Waals surface area contributed by atoms with Crippen LogP contribution in [0.25, 0.3) is 11.3 Å². The monoisotopic (exact) mass is 572 g/mol. The molecule has 2 aromatic heterocycles. The number of aromatic nitrogens is 4. The number of ketones is 1. The van der Waals surface area contributed by atoms with E-state index in [9.17, 15) is 27.9 Å². The van der Waals surface area contributed by atoms with Crippen LogP contribution in [-0.4, -0.2) is 80.6 Å². The highest BCUT2D eigenvalue weighted by Gasteiger charge is 2.40. The summed E-state index contributed by atoms with van der Waals surface area (Å²) in [7, 11) is -4.02. The number of aryl methyl sites for hydroxylation is 1. The normalized spacial score (nSPS) is 17.7. The van der Waals surface area contributed by atoms with Gasteiger partial charge in [0.1, 0.15) is 11.9 Å². The molecule has 1 fully saturated rings. The Kier molecular flexibility index (Phi) is 7.83. The lowest BCUT2D eigenvalue weighted by Crippen LogP contribution is -2.43. The fraction of sp³-hybridized carbons (Fsp3) is 0.462. The van der Waals surface area contributed by atoms with Crippen molar-refractivity contribution < 1.29 is 32.6 Å². The number of likely N-dealkylation sites (tertiary alicyclic amines) is 1. The first kappa shape index (κ1) is 28.9. The van der Waals surface area contributed by atoms with Gasteiger partial charge in [-0.2, -0.15) is 0 Å². The second kappa shape index (κ2) is 10.8. The summed E-state index contributed by atoms with van der Waals surface area (Å²) in [5.41, 5.74) is -0.106. The summed E-state index contributed by atoms with van der Waals surface area (Å²) in [5.74, 6) is -1.22. The van der Waals surface area contributed by atoms with E-state index in [0.29, 0.717) is 6.42 Å². The minimum Gasteiger partial charge on any atom is -0.465 e. The van der Waals surface area contributed by atoms with Gasteiger partial charge in [0.15, 0.2) is 17.2 Å². The van der Waals surface area contributed by atoms with Crippen LogP contribution in [0.5, 0.6) is 0 Å². The molecule has 14 heteroatoms. The largest absolute Gasteiger partial charge is 0.465 e. The first-order valence-corrected chi connectivity index (χ1v) is 14.2. The van der Waals surface area contributed by atoms with Crippen molar-refractivity contribution in [3.63, 3.8) is 0 Å². The van der Waals surface area contributed by atoms with Crippen LogP contribution in [0.1, 0.15) is 39.7 Å². The Morgan fingerprint density at radius 3 is 2.40 bits per heavy atom. The van der Waals surface area contributed by atoms with Crippen LogP contribution in [0.15, 0.2) is 41.7 Å². The topological polar surface area (TPSA) is 165 Å². The van der Waals surface area contributed by atoms with Crippen molar-refractivity contribution in [2.75, 3.05) is 24.5 Å². The van der Waals surface area contributed by atoms with Gasteiger partial charge in [0.2, 0.25) is 5.65 Å². The van der Waals surface area contributed by atoms with Crippen LogP contribution < -0.4 is 4.90 Å². The first-order valence-electron chi connectivity index (χ1n) is 12.7. The predicted molar refractivity (Wildman–Crippen MR) is 145 cm³/mol. The van der Waals surface area contributed by atoms with Gasteiger partial charge in [-0.25, -0.2) is 36.9 Å². The molecule has 3 aromatic rings. The molecular formula is C26H32N6O7S. The molecule has 40 heavy (non-hydrogen) atoms. The molecule has 1 aromatic carbocycles. The van der Waals surface area contributed by atoms with Crippen molar-refractivity contribution >= 4 is 45.1 Å². The Balaban J connectivity index is 1.68. The van der Waals surface area contributed by atoms with Crippen molar-refractivity contribution in [2.24, 2.45) is 11.8 Å². The van der Waals surface area contributed by atoms with E-state index in [4.69, 9.17) is 4.74 Å². The summed E-state index contributed by atoms with van der Waals surface area (Å²) in [5, 5.41) is 9.41. The quantitative estimate of drug-likeness (QED) is 0.444. The third kappa shape index (κ3) is 5.91. The van der Waals surface area contributed by atoms with E-state index in [-0.39, 0.29) is 46.8 Å². The molecule has 3 heterocycles. The maximum Gasteiger partial charge on any atom is 0.416 e. The summed E-state index contributed by atoms with van der Waals surface area (Å²) < 4.78 is 32.8. The molecule has 0 radical (unpaired) electrons. The number of carbonyl (C=O) groups is 3. The van der Waals surface area contributed by atoms with E-state index < -0.39 is 40.3 Å². The van der Waals surface area contributed by atoms with Crippen LogP contribution in [-0.2, 0) is 19.6 Å². The standard InChI is InChI=1S/C26H32N6O7S/c1-6-17-12-30(24(34)35)13-19(17)20(33)14-31(25(36)39-26(3,4)5)21-11-27-23-22(29-21)28-15-32(23)40(37,38)18-9-7-16(2)8-10-18/h7-11,15,17,19H,6,12-14H2,1-5H3,(H,34,35)/t17-,19-/m1/s1. The van der Waals surface area contributed by atoms with Gasteiger partial charge in [0, 0.05) is 19.0 Å². The first-order chi connectivity index (χ1) is 18.7. The molecule has 4 rings (SSSR count). The average Bonchev–Trinajstić information content (AvgIpc) is 3.51. The van der Waals surface area contributed by atoms with Crippen molar-refractivity contribution in [1.82, 2.24) is 23.8 Å². The maximum absolute atomic E-state index is 13.4. The van der Waals surface area contributed by atoms with Gasteiger partial charge in [-0.05, 0) is 45.7 Å². The summed E-state index contributed by atoms with van der Waals surface area (Å²) >= 11 is 0. The molecule has 2 amide bonds. The molecule has 1 aliphatic rings. The van der Waals surface area contributed by atoms with Gasteiger partial charge >= 0.3 is 12.2 Å². The predicted octanol–water partition coefficient (Wildman–Crippen LogP) is 3.32. The lowest BCUT2D eigenvalue weighted by molar-refractivity contribution is -0.122. The molecule has 214 valence electrons. The molecular weight excluding hydrogens is 540 g/mol. The number of benzene rings is 1. The zero-order valence-electron chi connectivity index (χ0n) is 22.9. The van der Waals surface area contributed by atoms with Gasteiger partial charge in [0.05, 0.1) is 17.6 Å². The highest BCUT2D eigenvalue weighted by atomic mass is 32.2. The van der Waals surface area contributed by atoms with Crippen molar-refractivity contribution in [3.05, 3.63) is 42.4 Å². The van der Waals surface area contributed by atoms with Crippen LogP contribution in [0.3, 0.4) is 0 Å². The number of nitrogens with zero attached hydrogens (tertiary/aromatic N) is 6. The van der Waals surface area contributed by atoms with Crippen LogP contribution in [0.2, 0.25) is 0 Å². The molecule has 0 unspecified atom stereocenters. The summed E-state index contributed by atoms with van der Waals surface area (Å²) in [6.07, 6.45) is 0.883. The van der Waals surface area contributed by atoms with Gasteiger partial charge in [-0.15, -0.1) is 0 Å². The maximum atomic E-state index is 13.4. The highest BCUT2D eigenvalue weighted by molar-refractivity contribution is 7.90. The summed E-state index contributed by atoms with van der Waals surface area (Å²) in [6, 6.07) is 6.31. The number of imidazole rings is 1. The minimum atomic E-state index is -4.02. The lowest BCUT2D eigenvalue weighted by Gasteiger charge is -2.27. The highest BCUT2D eigenvalue weighted by Crippen LogP contribution is 2.29. The third-order valence-electron chi connectivity index (χ3n) is 6.65. The fourth-order valence-corrected chi connectivity index (χ4v) is 5.77.